The molecule has 1 heterocycles. The number of thioether (sulfide) groups is 1. The summed E-state index contributed by atoms with van der Waals surface area (Å²) in [7, 11) is 0. The van der Waals surface area contributed by atoms with Gasteiger partial charge in [-0.3, -0.25) is 9.69 Å². The molecule has 1 aliphatic carbocycles. The number of benzene rings is 1. The first-order chi connectivity index (χ1) is 13.7. The molecule has 0 unspecified atom stereocenters. The maximum absolute atomic E-state index is 11.5. The molecule has 5 nitrogen and oxygen atoms in total. The third kappa shape index (κ3) is 6.15. The van der Waals surface area contributed by atoms with Crippen LogP contribution in [0.4, 0.5) is 5.69 Å². The van der Waals surface area contributed by atoms with Crippen molar-refractivity contribution in [2.75, 3.05) is 43.9 Å². The van der Waals surface area contributed by atoms with Gasteiger partial charge in [-0.25, -0.2) is 0 Å². The van der Waals surface area contributed by atoms with E-state index in [2.05, 4.69) is 45.6 Å². The van der Waals surface area contributed by atoms with Crippen LogP contribution in [0.1, 0.15) is 38.5 Å². The van der Waals surface area contributed by atoms with Crippen LogP contribution >= 0.6 is 11.8 Å². The van der Waals surface area contributed by atoms with E-state index >= 15 is 0 Å². The van der Waals surface area contributed by atoms with Crippen molar-refractivity contribution in [3.05, 3.63) is 24.3 Å². The van der Waals surface area contributed by atoms with Crippen molar-refractivity contribution in [2.45, 2.75) is 49.5 Å². The molecule has 2 fully saturated rings. The molecule has 0 bridgehead atoms. The number of carbonyl (C=O) groups is 1. The lowest BCUT2D eigenvalue weighted by atomic mass is 9.84. The summed E-state index contributed by atoms with van der Waals surface area (Å²) < 4.78 is 0. The van der Waals surface area contributed by atoms with Crippen LogP contribution in [0.15, 0.2) is 29.2 Å². The van der Waals surface area contributed by atoms with E-state index < -0.39 is 0 Å². The predicted molar refractivity (Wildman–Crippen MR) is 116 cm³/mol. The highest BCUT2D eigenvalue weighted by atomic mass is 32.2. The fourth-order valence-electron chi connectivity index (χ4n) is 4.35. The standard InChI is InChI=1S/C22H32N4OS/c1-28-21-4-2-3-20(17-21)26-15-13-25(14-16-26)12-10-18-5-7-19(8-6-18)24-22(27)9-11-23/h2-4,17-19H,5-10,12-16H2,1H3,(H,24,27). The Kier molecular flexibility index (Phi) is 8.05. The average Bonchev–Trinajstić information content (AvgIpc) is 2.74. The molecule has 6 heteroatoms. The number of nitrogens with zero attached hydrogens (tertiary/aromatic N) is 3. The van der Waals surface area contributed by atoms with Gasteiger partial charge >= 0.3 is 0 Å². The monoisotopic (exact) mass is 400 g/mol. The smallest absolute Gasteiger partial charge is 0.234 e. The molecule has 2 aliphatic rings. The fraction of sp³-hybridized carbons (Fsp3) is 0.636. The number of carbonyl (C=O) groups excluding carboxylic acids is 1. The van der Waals surface area contributed by atoms with Gasteiger partial charge in [0.25, 0.3) is 0 Å². The molecule has 1 N–H and O–H groups in total. The van der Waals surface area contributed by atoms with Crippen LogP contribution in [-0.4, -0.2) is 55.8 Å². The van der Waals surface area contributed by atoms with Crippen molar-refractivity contribution < 1.29 is 4.79 Å². The molecular formula is C22H32N4OS. The highest BCUT2D eigenvalue weighted by molar-refractivity contribution is 7.98. The number of hydrogen-bond acceptors (Lipinski definition) is 5. The molecule has 3 rings (SSSR count). The zero-order valence-electron chi connectivity index (χ0n) is 16.9. The van der Waals surface area contributed by atoms with Gasteiger partial charge in [-0.2, -0.15) is 5.26 Å². The van der Waals surface area contributed by atoms with Crippen LogP contribution < -0.4 is 10.2 Å². The minimum atomic E-state index is -0.119. The van der Waals surface area contributed by atoms with Crippen molar-refractivity contribution in [1.29, 1.82) is 5.26 Å². The molecule has 0 spiro atoms. The average molecular weight is 401 g/mol. The van der Waals surface area contributed by atoms with Crippen LogP contribution in [0, 0.1) is 17.2 Å². The van der Waals surface area contributed by atoms with Gasteiger partial charge in [-0.05, 0) is 69.0 Å². The number of hydrogen-bond donors (Lipinski definition) is 1. The highest BCUT2D eigenvalue weighted by Crippen LogP contribution is 2.28. The van der Waals surface area contributed by atoms with E-state index in [1.54, 1.807) is 11.8 Å². The molecule has 1 saturated carbocycles. The summed E-state index contributed by atoms with van der Waals surface area (Å²) in [6.07, 6.45) is 7.87. The number of anilines is 1. The molecule has 28 heavy (non-hydrogen) atoms. The highest BCUT2D eigenvalue weighted by Gasteiger charge is 2.24. The van der Waals surface area contributed by atoms with E-state index in [0.29, 0.717) is 0 Å². The lowest BCUT2D eigenvalue weighted by molar-refractivity contribution is -0.121. The lowest BCUT2D eigenvalue weighted by Crippen LogP contribution is -2.47. The van der Waals surface area contributed by atoms with Crippen molar-refractivity contribution >= 4 is 23.4 Å². The second-order valence-electron chi connectivity index (χ2n) is 7.94. The summed E-state index contributed by atoms with van der Waals surface area (Å²) in [6.45, 7) is 5.69. The molecule has 0 atom stereocenters. The van der Waals surface area contributed by atoms with Crippen LogP contribution in [0.5, 0.6) is 0 Å². The minimum Gasteiger partial charge on any atom is -0.369 e. The van der Waals surface area contributed by atoms with Gasteiger partial charge in [0.15, 0.2) is 0 Å². The first-order valence-corrected chi connectivity index (χ1v) is 11.7. The maximum atomic E-state index is 11.5. The summed E-state index contributed by atoms with van der Waals surface area (Å²) in [5.41, 5.74) is 1.35. The normalized spacial score (nSPS) is 23.2. The second kappa shape index (κ2) is 10.7. The number of nitriles is 1. The number of piperazine rings is 1. The fourth-order valence-corrected chi connectivity index (χ4v) is 4.80. The van der Waals surface area contributed by atoms with Crippen molar-refractivity contribution in [3.8, 4) is 6.07 Å². The Morgan fingerprint density at radius 1 is 1.21 bits per heavy atom. The molecule has 1 aromatic rings. The largest absolute Gasteiger partial charge is 0.369 e. The third-order valence-electron chi connectivity index (χ3n) is 6.10. The third-order valence-corrected chi connectivity index (χ3v) is 6.82. The molecule has 1 amide bonds. The maximum Gasteiger partial charge on any atom is 0.234 e. The molecule has 0 radical (unpaired) electrons. The Morgan fingerprint density at radius 2 is 1.96 bits per heavy atom. The Balaban J connectivity index is 1.34. The summed E-state index contributed by atoms with van der Waals surface area (Å²) >= 11 is 1.80. The van der Waals surface area contributed by atoms with E-state index in [4.69, 9.17) is 5.26 Å². The summed E-state index contributed by atoms with van der Waals surface area (Å²) in [5, 5.41) is 11.6. The number of nitrogens with one attached hydrogen (secondary N) is 1. The zero-order chi connectivity index (χ0) is 19.8. The topological polar surface area (TPSA) is 59.4 Å². The molecule has 1 aromatic carbocycles. The SMILES string of the molecule is CSc1cccc(N2CCN(CCC3CCC(NC(=O)CC#N)CC3)CC2)c1. The Labute approximate surface area is 173 Å². The van der Waals surface area contributed by atoms with Gasteiger partial charge in [0, 0.05) is 42.8 Å². The van der Waals surface area contributed by atoms with Gasteiger partial charge in [-0.1, -0.05) is 6.07 Å². The van der Waals surface area contributed by atoms with Crippen LogP contribution in [0.2, 0.25) is 0 Å². The summed E-state index contributed by atoms with van der Waals surface area (Å²) in [5.74, 6) is 0.660. The Bertz CT molecular complexity index is 673. The zero-order valence-corrected chi connectivity index (χ0v) is 17.7. The molecular weight excluding hydrogens is 368 g/mol. The summed E-state index contributed by atoms with van der Waals surface area (Å²) in [6, 6.07) is 11.1. The summed E-state index contributed by atoms with van der Waals surface area (Å²) in [4.78, 5) is 18.0. The van der Waals surface area contributed by atoms with E-state index in [9.17, 15) is 4.79 Å². The van der Waals surface area contributed by atoms with Crippen molar-refractivity contribution in [1.82, 2.24) is 10.2 Å². The van der Waals surface area contributed by atoms with E-state index in [-0.39, 0.29) is 18.4 Å². The van der Waals surface area contributed by atoms with Crippen LogP contribution in [-0.2, 0) is 4.79 Å². The van der Waals surface area contributed by atoms with E-state index in [1.807, 2.05) is 6.07 Å². The first kappa shape index (κ1) is 21.0. The first-order valence-electron chi connectivity index (χ1n) is 10.5. The van der Waals surface area contributed by atoms with Crippen LogP contribution in [0.3, 0.4) is 0 Å². The Hall–Kier alpha value is -1.71. The lowest BCUT2D eigenvalue weighted by Gasteiger charge is -2.37. The van der Waals surface area contributed by atoms with Gasteiger partial charge < -0.3 is 10.2 Å². The quantitative estimate of drug-likeness (QED) is 0.710. The van der Waals surface area contributed by atoms with E-state index in [0.717, 1.165) is 44.9 Å². The Morgan fingerprint density at radius 3 is 2.64 bits per heavy atom. The number of rotatable bonds is 7. The molecule has 1 saturated heterocycles. The van der Waals surface area contributed by atoms with E-state index in [1.165, 1.54) is 36.4 Å². The predicted octanol–water partition coefficient (Wildman–Crippen LogP) is 3.51. The van der Waals surface area contributed by atoms with Gasteiger partial charge in [0.1, 0.15) is 6.42 Å². The molecule has 0 aromatic heterocycles. The number of amides is 1. The minimum absolute atomic E-state index is 0.0204. The van der Waals surface area contributed by atoms with Crippen LogP contribution in [0.25, 0.3) is 0 Å². The molecule has 1 aliphatic heterocycles. The molecule has 152 valence electrons. The van der Waals surface area contributed by atoms with Crippen molar-refractivity contribution in [3.63, 3.8) is 0 Å². The second-order valence-corrected chi connectivity index (χ2v) is 8.82. The van der Waals surface area contributed by atoms with Gasteiger partial charge in [-0.15, -0.1) is 11.8 Å². The van der Waals surface area contributed by atoms with Gasteiger partial charge in [0.2, 0.25) is 5.91 Å². The van der Waals surface area contributed by atoms with Crippen molar-refractivity contribution in [2.24, 2.45) is 5.92 Å². The van der Waals surface area contributed by atoms with Gasteiger partial charge in [0.05, 0.1) is 6.07 Å².